The van der Waals surface area contributed by atoms with Gasteiger partial charge in [0.05, 0.1) is 6.42 Å². The highest BCUT2D eigenvalue weighted by Crippen LogP contribution is 2.03. The number of benzene rings is 1. The molecule has 1 rings (SSSR count). The highest BCUT2D eigenvalue weighted by molar-refractivity contribution is 5.87. The van der Waals surface area contributed by atoms with Crippen molar-refractivity contribution in [1.29, 1.82) is 0 Å². The Kier molecular flexibility index (Phi) is 6.12. The van der Waals surface area contributed by atoms with Crippen LogP contribution >= 0.6 is 0 Å². The normalized spacial score (nSPS) is 11.5. The Morgan fingerprint density at radius 2 is 2.05 bits per heavy atom. The van der Waals surface area contributed by atoms with Crippen molar-refractivity contribution in [2.24, 2.45) is 5.73 Å². The summed E-state index contributed by atoms with van der Waals surface area (Å²) in [7, 11) is 0. The van der Waals surface area contributed by atoms with Crippen molar-refractivity contribution in [1.82, 2.24) is 10.6 Å². The average Bonchev–Trinajstić information content (AvgIpc) is 2.37. The number of carbonyl (C=O) groups is 3. The Labute approximate surface area is 120 Å². The van der Waals surface area contributed by atoms with Gasteiger partial charge in [0.15, 0.2) is 0 Å². The number of halogens is 1. The molecule has 0 saturated heterocycles. The van der Waals surface area contributed by atoms with Crippen LogP contribution in [0.5, 0.6) is 0 Å². The molecule has 0 unspecified atom stereocenters. The average molecular weight is 297 g/mol. The molecule has 0 saturated carbocycles. The maximum Gasteiger partial charge on any atom is 0.326 e. The third kappa shape index (κ3) is 6.37. The van der Waals surface area contributed by atoms with Crippen LogP contribution < -0.4 is 16.4 Å². The number of primary amides is 1. The van der Waals surface area contributed by atoms with Crippen LogP contribution in [0, 0.1) is 5.82 Å². The number of carbonyl (C=O) groups excluding carboxylic acids is 2. The van der Waals surface area contributed by atoms with Gasteiger partial charge < -0.3 is 21.5 Å². The van der Waals surface area contributed by atoms with Crippen LogP contribution in [0.1, 0.15) is 12.0 Å². The van der Waals surface area contributed by atoms with E-state index in [1.807, 2.05) is 0 Å². The van der Waals surface area contributed by atoms with Gasteiger partial charge in [0.1, 0.15) is 11.9 Å². The maximum absolute atomic E-state index is 12.9. The van der Waals surface area contributed by atoms with E-state index in [-0.39, 0.29) is 12.4 Å². The Balaban J connectivity index is 2.39. The predicted molar refractivity (Wildman–Crippen MR) is 71.9 cm³/mol. The zero-order valence-corrected chi connectivity index (χ0v) is 11.1. The highest BCUT2D eigenvalue weighted by Gasteiger charge is 2.21. The fourth-order valence-corrected chi connectivity index (χ4v) is 1.62. The molecule has 1 aromatic rings. The smallest absolute Gasteiger partial charge is 0.326 e. The molecule has 114 valence electrons. The SMILES string of the molecule is NC(=O)C[C@@H](NC(=O)NCCc1cccc(F)c1)C(=O)O. The third-order valence-corrected chi connectivity index (χ3v) is 2.60. The second-order valence-corrected chi connectivity index (χ2v) is 4.34. The van der Waals surface area contributed by atoms with Crippen molar-refractivity contribution in [3.8, 4) is 0 Å². The summed E-state index contributed by atoms with van der Waals surface area (Å²) in [4.78, 5) is 33.0. The fourth-order valence-electron chi connectivity index (χ4n) is 1.62. The lowest BCUT2D eigenvalue weighted by Gasteiger charge is -2.13. The van der Waals surface area contributed by atoms with Gasteiger partial charge in [-0.2, -0.15) is 0 Å². The Hall–Kier alpha value is -2.64. The predicted octanol–water partition coefficient (Wildman–Crippen LogP) is -0.00400. The maximum atomic E-state index is 12.9. The molecule has 0 aliphatic heterocycles. The fraction of sp³-hybridized carbons (Fsp3) is 0.308. The topological polar surface area (TPSA) is 122 Å². The van der Waals surface area contributed by atoms with Gasteiger partial charge in [0.2, 0.25) is 5.91 Å². The molecule has 0 bridgehead atoms. The summed E-state index contributed by atoms with van der Waals surface area (Å²) in [5, 5.41) is 13.4. The van der Waals surface area contributed by atoms with E-state index < -0.39 is 30.4 Å². The number of rotatable bonds is 7. The number of hydrogen-bond acceptors (Lipinski definition) is 3. The molecule has 21 heavy (non-hydrogen) atoms. The number of hydrogen-bond donors (Lipinski definition) is 4. The van der Waals surface area contributed by atoms with E-state index in [0.717, 1.165) is 0 Å². The van der Waals surface area contributed by atoms with E-state index in [1.54, 1.807) is 12.1 Å². The highest BCUT2D eigenvalue weighted by atomic mass is 19.1. The molecule has 0 aliphatic rings. The molecule has 0 aliphatic carbocycles. The van der Waals surface area contributed by atoms with Gasteiger partial charge in [0, 0.05) is 6.54 Å². The summed E-state index contributed by atoms with van der Waals surface area (Å²) in [6, 6.07) is 3.79. The van der Waals surface area contributed by atoms with Gasteiger partial charge in [-0.15, -0.1) is 0 Å². The second-order valence-electron chi connectivity index (χ2n) is 4.34. The number of amides is 3. The van der Waals surface area contributed by atoms with Crippen molar-refractivity contribution in [3.05, 3.63) is 35.6 Å². The third-order valence-electron chi connectivity index (χ3n) is 2.60. The lowest BCUT2D eigenvalue weighted by Crippen LogP contribution is -2.48. The summed E-state index contributed by atoms with van der Waals surface area (Å²) in [6.45, 7) is 0.193. The zero-order valence-electron chi connectivity index (χ0n) is 11.1. The van der Waals surface area contributed by atoms with E-state index in [0.29, 0.717) is 12.0 Å². The van der Waals surface area contributed by atoms with Crippen LogP contribution in [-0.2, 0) is 16.0 Å². The number of nitrogens with two attached hydrogens (primary N) is 1. The number of urea groups is 1. The van der Waals surface area contributed by atoms with Crippen LogP contribution in [0.4, 0.5) is 9.18 Å². The van der Waals surface area contributed by atoms with E-state index in [4.69, 9.17) is 10.8 Å². The minimum Gasteiger partial charge on any atom is -0.480 e. The van der Waals surface area contributed by atoms with Crippen LogP contribution in [0.15, 0.2) is 24.3 Å². The lowest BCUT2D eigenvalue weighted by molar-refractivity contribution is -0.140. The molecular weight excluding hydrogens is 281 g/mol. The van der Waals surface area contributed by atoms with Crippen LogP contribution in [-0.4, -0.2) is 35.6 Å². The van der Waals surface area contributed by atoms with Gasteiger partial charge in [-0.05, 0) is 24.1 Å². The minimum atomic E-state index is -1.38. The molecular formula is C13H16FN3O4. The second kappa shape index (κ2) is 7.83. The summed E-state index contributed by atoms with van der Waals surface area (Å²) >= 11 is 0. The molecule has 0 spiro atoms. The van der Waals surface area contributed by atoms with E-state index in [1.165, 1.54) is 12.1 Å². The molecule has 8 heteroatoms. The first kappa shape index (κ1) is 16.4. The van der Waals surface area contributed by atoms with Crippen LogP contribution in [0.25, 0.3) is 0 Å². The van der Waals surface area contributed by atoms with Gasteiger partial charge in [0.25, 0.3) is 0 Å². The monoisotopic (exact) mass is 297 g/mol. The van der Waals surface area contributed by atoms with E-state index in [2.05, 4.69) is 10.6 Å². The van der Waals surface area contributed by atoms with Gasteiger partial charge in [-0.3, -0.25) is 4.79 Å². The van der Waals surface area contributed by atoms with Crippen molar-refractivity contribution in [2.45, 2.75) is 18.9 Å². The molecule has 0 fully saturated rings. The van der Waals surface area contributed by atoms with Crippen molar-refractivity contribution in [2.75, 3.05) is 6.54 Å². The summed E-state index contributed by atoms with van der Waals surface area (Å²) in [5.74, 6) is -2.55. The van der Waals surface area contributed by atoms with Crippen LogP contribution in [0.3, 0.4) is 0 Å². The number of nitrogens with one attached hydrogen (secondary N) is 2. The Morgan fingerprint density at radius 1 is 1.33 bits per heavy atom. The number of aliphatic carboxylic acids is 1. The first-order chi connectivity index (χ1) is 9.88. The molecule has 0 aromatic heterocycles. The minimum absolute atomic E-state index is 0.193. The van der Waals surface area contributed by atoms with Crippen molar-refractivity contribution >= 4 is 17.9 Å². The standard InChI is InChI=1S/C13H16FN3O4/c14-9-3-1-2-8(6-9)4-5-16-13(21)17-10(12(19)20)7-11(15)18/h1-3,6,10H,4-5,7H2,(H2,15,18)(H,19,20)(H2,16,17,21)/t10-/m1/s1. The van der Waals surface area contributed by atoms with Gasteiger partial charge >= 0.3 is 12.0 Å². The Morgan fingerprint density at radius 3 is 2.62 bits per heavy atom. The molecule has 5 N–H and O–H groups in total. The largest absolute Gasteiger partial charge is 0.480 e. The summed E-state index contributed by atoms with van der Waals surface area (Å²) in [5.41, 5.74) is 5.58. The van der Waals surface area contributed by atoms with E-state index >= 15 is 0 Å². The quantitative estimate of drug-likeness (QED) is 0.565. The molecule has 1 aromatic carbocycles. The number of carboxylic acids is 1. The molecule has 0 heterocycles. The zero-order chi connectivity index (χ0) is 15.8. The number of carboxylic acid groups (broad SMARTS) is 1. The Bertz CT molecular complexity index is 536. The molecule has 3 amide bonds. The van der Waals surface area contributed by atoms with Crippen molar-refractivity contribution < 1.29 is 23.9 Å². The molecule has 0 radical (unpaired) electrons. The van der Waals surface area contributed by atoms with Gasteiger partial charge in [-0.1, -0.05) is 12.1 Å². The first-order valence-corrected chi connectivity index (χ1v) is 6.18. The first-order valence-electron chi connectivity index (χ1n) is 6.18. The van der Waals surface area contributed by atoms with Crippen LogP contribution in [0.2, 0.25) is 0 Å². The molecule has 7 nitrogen and oxygen atoms in total. The van der Waals surface area contributed by atoms with Crippen molar-refractivity contribution in [3.63, 3.8) is 0 Å². The molecule has 1 atom stereocenters. The lowest BCUT2D eigenvalue weighted by atomic mass is 10.1. The summed E-state index contributed by atoms with van der Waals surface area (Å²) < 4.78 is 12.9. The van der Waals surface area contributed by atoms with Gasteiger partial charge in [-0.25, -0.2) is 14.0 Å². The summed E-state index contributed by atoms with van der Waals surface area (Å²) in [6.07, 6.45) is -0.106. The van der Waals surface area contributed by atoms with E-state index in [9.17, 15) is 18.8 Å².